The van der Waals surface area contributed by atoms with E-state index in [0.717, 1.165) is 52.9 Å². The maximum atomic E-state index is 11.7. The molecule has 0 saturated carbocycles. The highest BCUT2D eigenvalue weighted by atomic mass is 16.2. The number of hydrogen-bond acceptors (Lipinski definition) is 4. The first-order chi connectivity index (χ1) is 15.4. The number of carbonyl (C=O) groups is 1. The van der Waals surface area contributed by atoms with E-state index >= 15 is 0 Å². The fourth-order valence-electron chi connectivity index (χ4n) is 5.37. The summed E-state index contributed by atoms with van der Waals surface area (Å²) in [5, 5.41) is 10.4. The van der Waals surface area contributed by atoms with Crippen LogP contribution < -0.4 is 5.73 Å². The van der Waals surface area contributed by atoms with Gasteiger partial charge in [0, 0.05) is 71.9 Å². The van der Waals surface area contributed by atoms with Crippen molar-refractivity contribution in [2.75, 3.05) is 13.1 Å². The summed E-state index contributed by atoms with van der Waals surface area (Å²) in [6, 6.07) is 6.29. The third-order valence-electron chi connectivity index (χ3n) is 7.05. The molecule has 4 aromatic rings. The zero-order valence-electron chi connectivity index (χ0n) is 18.2. The van der Waals surface area contributed by atoms with Crippen molar-refractivity contribution in [2.45, 2.75) is 44.7 Å². The number of pyridine rings is 1. The predicted molar refractivity (Wildman–Crippen MR) is 121 cm³/mol. The minimum absolute atomic E-state index is 0.0409. The Morgan fingerprint density at radius 3 is 2.88 bits per heavy atom. The zero-order valence-corrected chi connectivity index (χ0v) is 18.2. The van der Waals surface area contributed by atoms with E-state index in [0.29, 0.717) is 13.1 Å². The number of H-pyrrole nitrogens is 1. The number of aryl methyl sites for hydroxylation is 1. The van der Waals surface area contributed by atoms with Crippen molar-refractivity contribution in [3.05, 3.63) is 42.5 Å². The number of nitrogens with one attached hydrogen (secondary N) is 1. The van der Waals surface area contributed by atoms with E-state index in [1.165, 1.54) is 5.69 Å². The molecule has 1 unspecified atom stereocenters. The van der Waals surface area contributed by atoms with Gasteiger partial charge in [-0.3, -0.25) is 9.36 Å². The first-order valence-electron chi connectivity index (χ1n) is 11.1. The van der Waals surface area contributed by atoms with Crippen molar-refractivity contribution in [2.24, 2.45) is 5.73 Å². The number of carbonyl (C=O) groups excluding carboxylic acids is 1. The van der Waals surface area contributed by atoms with E-state index in [1.807, 2.05) is 29.3 Å². The summed E-state index contributed by atoms with van der Waals surface area (Å²) in [5.41, 5.74) is 11.6. The van der Waals surface area contributed by atoms with Gasteiger partial charge in [0.2, 0.25) is 0 Å². The van der Waals surface area contributed by atoms with Crippen LogP contribution in [-0.2, 0) is 12.0 Å². The summed E-state index contributed by atoms with van der Waals surface area (Å²) in [6.07, 6.45) is 7.63. The Morgan fingerprint density at radius 2 is 2.09 bits per heavy atom. The van der Waals surface area contributed by atoms with Gasteiger partial charge in [-0.15, -0.1) is 0 Å². The second-order valence-electron chi connectivity index (χ2n) is 9.26. The SMILES string of the molecule is CC(C)n1nccc1-c1c[nH]c2ncc(-c3cc4n(n3)CCC43CCN(C(N)=O)C3)cc12. The molecule has 32 heavy (non-hydrogen) atoms. The topological polar surface area (TPSA) is 111 Å². The fourth-order valence-corrected chi connectivity index (χ4v) is 5.37. The van der Waals surface area contributed by atoms with Gasteiger partial charge in [-0.05, 0) is 44.9 Å². The normalized spacial score (nSPS) is 20.2. The average molecular weight is 431 g/mol. The number of likely N-dealkylation sites (tertiary alicyclic amines) is 1. The van der Waals surface area contributed by atoms with Crippen molar-refractivity contribution in [1.29, 1.82) is 0 Å². The lowest BCUT2D eigenvalue weighted by molar-refractivity contribution is 0.215. The number of primary amides is 1. The Kier molecular flexibility index (Phi) is 3.99. The molecule has 4 aromatic heterocycles. The van der Waals surface area contributed by atoms with Crippen molar-refractivity contribution in [3.8, 4) is 22.5 Å². The Hall–Kier alpha value is -3.62. The largest absolute Gasteiger partial charge is 0.351 e. The monoisotopic (exact) mass is 430 g/mol. The van der Waals surface area contributed by atoms with Crippen LogP contribution in [0, 0.1) is 0 Å². The van der Waals surface area contributed by atoms with Gasteiger partial charge < -0.3 is 15.6 Å². The van der Waals surface area contributed by atoms with E-state index in [9.17, 15) is 4.79 Å². The summed E-state index contributed by atoms with van der Waals surface area (Å²) in [6.45, 7) is 6.49. The second kappa shape index (κ2) is 6.69. The van der Waals surface area contributed by atoms with Crippen molar-refractivity contribution in [3.63, 3.8) is 0 Å². The molecule has 2 amide bonds. The van der Waals surface area contributed by atoms with Crippen LogP contribution in [0.1, 0.15) is 38.4 Å². The summed E-state index contributed by atoms with van der Waals surface area (Å²) in [5.74, 6) is 0. The van der Waals surface area contributed by atoms with E-state index in [4.69, 9.17) is 10.8 Å². The molecule has 1 saturated heterocycles. The van der Waals surface area contributed by atoms with Crippen LogP contribution in [0.5, 0.6) is 0 Å². The maximum Gasteiger partial charge on any atom is 0.314 e. The molecule has 164 valence electrons. The van der Waals surface area contributed by atoms with Crippen LogP contribution in [-0.4, -0.2) is 53.5 Å². The third kappa shape index (κ3) is 2.70. The number of aromatic nitrogens is 6. The molecule has 9 nitrogen and oxygen atoms in total. The number of hydrogen-bond donors (Lipinski definition) is 2. The van der Waals surface area contributed by atoms with Gasteiger partial charge in [-0.1, -0.05) is 0 Å². The molecule has 3 N–H and O–H groups in total. The molecule has 1 spiro atoms. The first kappa shape index (κ1) is 19.1. The van der Waals surface area contributed by atoms with E-state index in [1.54, 1.807) is 4.90 Å². The molecule has 6 heterocycles. The fraction of sp³-hybridized carbons (Fsp3) is 0.391. The van der Waals surface area contributed by atoms with Gasteiger partial charge in [0.1, 0.15) is 5.65 Å². The van der Waals surface area contributed by atoms with Crippen LogP contribution in [0.15, 0.2) is 36.8 Å². The number of amides is 2. The minimum Gasteiger partial charge on any atom is -0.351 e. The molecule has 0 aliphatic carbocycles. The smallest absolute Gasteiger partial charge is 0.314 e. The molecule has 1 atom stereocenters. The van der Waals surface area contributed by atoms with Gasteiger partial charge in [0.25, 0.3) is 0 Å². The Bertz CT molecular complexity index is 1350. The molecule has 1 fully saturated rings. The molecule has 6 rings (SSSR count). The summed E-state index contributed by atoms with van der Waals surface area (Å²) in [7, 11) is 0. The third-order valence-corrected chi connectivity index (χ3v) is 7.05. The number of nitrogens with zero attached hydrogens (tertiary/aromatic N) is 6. The van der Waals surface area contributed by atoms with Crippen molar-refractivity contribution in [1.82, 2.24) is 34.4 Å². The number of rotatable bonds is 3. The Balaban J connectivity index is 1.40. The first-order valence-corrected chi connectivity index (χ1v) is 11.1. The van der Waals surface area contributed by atoms with Gasteiger partial charge in [0.15, 0.2) is 0 Å². The minimum atomic E-state index is -0.338. The molecule has 2 aliphatic rings. The maximum absolute atomic E-state index is 11.7. The predicted octanol–water partition coefficient (Wildman–Crippen LogP) is 3.30. The second-order valence-corrected chi connectivity index (χ2v) is 9.26. The van der Waals surface area contributed by atoms with Gasteiger partial charge in [-0.2, -0.15) is 10.2 Å². The Morgan fingerprint density at radius 1 is 1.25 bits per heavy atom. The average Bonchev–Trinajstić information content (AvgIpc) is 3.57. The summed E-state index contributed by atoms with van der Waals surface area (Å²) in [4.78, 5) is 21.4. The standard InChI is InChI=1S/C23H26N8O/c1-14(2)31-19(3-6-27-31)17-12-26-21-16(17)9-15(11-25-21)18-10-20-23(5-8-30(20)28-18)4-7-29(13-23)22(24)32/h3,6,9-12,14H,4-5,7-8,13H2,1-2H3,(H2,24,32)(H,25,26). The molecule has 0 bridgehead atoms. The molecule has 0 radical (unpaired) electrons. The van der Waals surface area contributed by atoms with E-state index in [-0.39, 0.29) is 17.5 Å². The highest BCUT2D eigenvalue weighted by Crippen LogP contribution is 2.44. The van der Waals surface area contributed by atoms with Gasteiger partial charge in [0.05, 0.1) is 11.4 Å². The highest BCUT2D eigenvalue weighted by Gasteiger charge is 2.46. The van der Waals surface area contributed by atoms with E-state index in [2.05, 4.69) is 45.7 Å². The summed E-state index contributed by atoms with van der Waals surface area (Å²) < 4.78 is 4.12. The lowest BCUT2D eigenvalue weighted by atomic mass is 9.82. The van der Waals surface area contributed by atoms with Crippen LogP contribution in [0.3, 0.4) is 0 Å². The number of fused-ring (bicyclic) bond motifs is 3. The lowest BCUT2D eigenvalue weighted by Crippen LogP contribution is -2.36. The van der Waals surface area contributed by atoms with Crippen LogP contribution >= 0.6 is 0 Å². The van der Waals surface area contributed by atoms with Crippen LogP contribution in [0.25, 0.3) is 33.5 Å². The number of nitrogens with two attached hydrogens (primary N) is 1. The van der Waals surface area contributed by atoms with Crippen LogP contribution in [0.2, 0.25) is 0 Å². The molecule has 9 heteroatoms. The van der Waals surface area contributed by atoms with Crippen molar-refractivity contribution >= 4 is 17.1 Å². The molecule has 2 aliphatic heterocycles. The quantitative estimate of drug-likeness (QED) is 0.519. The molecular weight excluding hydrogens is 404 g/mol. The van der Waals surface area contributed by atoms with Gasteiger partial charge in [-0.25, -0.2) is 9.78 Å². The Labute approximate surface area is 185 Å². The number of aromatic amines is 1. The van der Waals surface area contributed by atoms with Crippen molar-refractivity contribution < 1.29 is 4.79 Å². The zero-order chi connectivity index (χ0) is 22.0. The molecule has 0 aromatic carbocycles. The van der Waals surface area contributed by atoms with E-state index < -0.39 is 0 Å². The van der Waals surface area contributed by atoms with Crippen LogP contribution in [0.4, 0.5) is 4.79 Å². The van der Waals surface area contributed by atoms with Gasteiger partial charge >= 0.3 is 6.03 Å². The number of urea groups is 1. The molecular formula is C23H26N8O. The summed E-state index contributed by atoms with van der Waals surface area (Å²) >= 11 is 0. The highest BCUT2D eigenvalue weighted by molar-refractivity contribution is 5.94. The lowest BCUT2D eigenvalue weighted by Gasteiger charge is -2.22.